The van der Waals surface area contributed by atoms with Gasteiger partial charge in [-0.05, 0) is 42.8 Å². The zero-order valence-electron chi connectivity index (χ0n) is 10.9. The van der Waals surface area contributed by atoms with Crippen LogP contribution in [-0.2, 0) is 6.54 Å². The van der Waals surface area contributed by atoms with Crippen molar-refractivity contribution < 1.29 is 4.39 Å². The molecule has 0 amide bonds. The second-order valence-corrected chi connectivity index (χ2v) is 5.15. The molecule has 0 aliphatic carbocycles. The third kappa shape index (κ3) is 2.23. The van der Waals surface area contributed by atoms with Crippen molar-refractivity contribution in [2.45, 2.75) is 13.5 Å². The summed E-state index contributed by atoms with van der Waals surface area (Å²) in [6.07, 6.45) is 0. The van der Waals surface area contributed by atoms with Crippen LogP contribution in [0, 0.1) is 12.7 Å². The van der Waals surface area contributed by atoms with Gasteiger partial charge in [-0.3, -0.25) is 0 Å². The van der Waals surface area contributed by atoms with E-state index in [0.717, 1.165) is 22.4 Å². The minimum Gasteiger partial charge on any atom is -0.399 e. The Morgan fingerprint density at radius 3 is 2.80 bits per heavy atom. The maximum Gasteiger partial charge on any atom is 0.141 e. The highest BCUT2D eigenvalue weighted by Gasteiger charge is 2.09. The van der Waals surface area contributed by atoms with Crippen LogP contribution < -0.4 is 5.73 Å². The first-order chi connectivity index (χ1) is 9.54. The van der Waals surface area contributed by atoms with Gasteiger partial charge in [0.05, 0.1) is 16.1 Å². The molecule has 0 aliphatic heterocycles. The molecule has 0 unspecified atom stereocenters. The number of imidazole rings is 1. The number of benzene rings is 2. The molecule has 0 saturated carbocycles. The van der Waals surface area contributed by atoms with Gasteiger partial charge in [-0.15, -0.1) is 0 Å². The highest BCUT2D eigenvalue weighted by atomic mass is 35.5. The Morgan fingerprint density at radius 1 is 1.25 bits per heavy atom. The van der Waals surface area contributed by atoms with Gasteiger partial charge >= 0.3 is 0 Å². The van der Waals surface area contributed by atoms with Crippen LogP contribution in [0.3, 0.4) is 0 Å². The van der Waals surface area contributed by atoms with Gasteiger partial charge in [0.2, 0.25) is 0 Å². The van der Waals surface area contributed by atoms with Gasteiger partial charge in [-0.2, -0.15) is 0 Å². The maximum atomic E-state index is 13.2. The number of nitrogens with zero attached hydrogens (tertiary/aromatic N) is 2. The molecule has 20 heavy (non-hydrogen) atoms. The third-order valence-electron chi connectivity index (χ3n) is 3.29. The predicted molar refractivity (Wildman–Crippen MR) is 79.4 cm³/mol. The predicted octanol–water partition coefficient (Wildman–Crippen LogP) is 3.77. The summed E-state index contributed by atoms with van der Waals surface area (Å²) in [7, 11) is 0. The Balaban J connectivity index is 2.05. The number of fused-ring (bicyclic) bond motifs is 1. The fourth-order valence-electron chi connectivity index (χ4n) is 2.29. The van der Waals surface area contributed by atoms with E-state index in [4.69, 9.17) is 17.3 Å². The molecule has 3 aromatic rings. The highest BCUT2D eigenvalue weighted by Crippen LogP contribution is 2.22. The number of hydrogen-bond donors (Lipinski definition) is 1. The van der Waals surface area contributed by atoms with E-state index in [0.29, 0.717) is 12.2 Å². The van der Waals surface area contributed by atoms with Crippen LogP contribution in [0.1, 0.15) is 11.4 Å². The Hall–Kier alpha value is -2.07. The van der Waals surface area contributed by atoms with Gasteiger partial charge in [0.25, 0.3) is 0 Å². The van der Waals surface area contributed by atoms with Crippen molar-refractivity contribution in [2.75, 3.05) is 5.73 Å². The van der Waals surface area contributed by atoms with Crippen LogP contribution in [0.25, 0.3) is 11.0 Å². The van der Waals surface area contributed by atoms with Crippen molar-refractivity contribution in [3.8, 4) is 0 Å². The Kier molecular flexibility index (Phi) is 3.10. The molecule has 2 N–H and O–H groups in total. The van der Waals surface area contributed by atoms with Crippen molar-refractivity contribution in [3.05, 3.63) is 58.6 Å². The highest BCUT2D eigenvalue weighted by molar-refractivity contribution is 6.30. The van der Waals surface area contributed by atoms with Crippen molar-refractivity contribution in [3.63, 3.8) is 0 Å². The van der Waals surface area contributed by atoms with E-state index in [1.54, 1.807) is 12.1 Å². The Labute approximate surface area is 120 Å². The second-order valence-electron chi connectivity index (χ2n) is 4.74. The Morgan fingerprint density at radius 2 is 2.05 bits per heavy atom. The largest absolute Gasteiger partial charge is 0.399 e. The molecule has 0 bridgehead atoms. The van der Waals surface area contributed by atoms with E-state index in [9.17, 15) is 4.39 Å². The normalized spacial score (nSPS) is 11.2. The van der Waals surface area contributed by atoms with Gasteiger partial charge in [0.15, 0.2) is 0 Å². The monoisotopic (exact) mass is 289 g/mol. The molecule has 5 heteroatoms. The van der Waals surface area contributed by atoms with Crippen molar-refractivity contribution >= 4 is 28.3 Å². The van der Waals surface area contributed by atoms with Gasteiger partial charge in [0.1, 0.15) is 11.6 Å². The fraction of sp³-hybridized carbons (Fsp3) is 0.133. The number of aromatic nitrogens is 2. The average Bonchev–Trinajstić information content (AvgIpc) is 2.69. The fourth-order valence-corrected chi connectivity index (χ4v) is 2.49. The molecule has 1 aromatic heterocycles. The summed E-state index contributed by atoms with van der Waals surface area (Å²) in [5.41, 5.74) is 9.23. The SMILES string of the molecule is Cc1nc2cc(N)ccc2n1Cc1ccc(F)c(Cl)c1. The number of halogens is 2. The van der Waals surface area contributed by atoms with Crippen LogP contribution in [0.5, 0.6) is 0 Å². The van der Waals surface area contributed by atoms with Gasteiger partial charge in [-0.1, -0.05) is 17.7 Å². The van der Waals surface area contributed by atoms with E-state index in [-0.39, 0.29) is 5.02 Å². The summed E-state index contributed by atoms with van der Waals surface area (Å²) in [5.74, 6) is 0.474. The lowest BCUT2D eigenvalue weighted by Crippen LogP contribution is -2.02. The van der Waals surface area contributed by atoms with Crippen molar-refractivity contribution in [1.82, 2.24) is 9.55 Å². The summed E-state index contributed by atoms with van der Waals surface area (Å²) in [6, 6.07) is 10.4. The zero-order valence-corrected chi connectivity index (χ0v) is 11.7. The van der Waals surface area contributed by atoms with Gasteiger partial charge in [0, 0.05) is 12.2 Å². The van der Waals surface area contributed by atoms with Crippen LogP contribution >= 0.6 is 11.6 Å². The lowest BCUT2D eigenvalue weighted by molar-refractivity contribution is 0.626. The molecular formula is C15H13ClFN3. The smallest absolute Gasteiger partial charge is 0.141 e. The first kappa shape index (κ1) is 12.9. The van der Waals surface area contributed by atoms with Crippen LogP contribution in [0.2, 0.25) is 5.02 Å². The van der Waals surface area contributed by atoms with Crippen LogP contribution in [-0.4, -0.2) is 9.55 Å². The minimum absolute atomic E-state index is 0.133. The average molecular weight is 290 g/mol. The summed E-state index contributed by atoms with van der Waals surface area (Å²) in [4.78, 5) is 4.49. The molecule has 3 nitrogen and oxygen atoms in total. The van der Waals surface area contributed by atoms with Crippen molar-refractivity contribution in [2.24, 2.45) is 0 Å². The van der Waals surface area contributed by atoms with Crippen LogP contribution in [0.15, 0.2) is 36.4 Å². The topological polar surface area (TPSA) is 43.8 Å². The van der Waals surface area contributed by atoms with Crippen molar-refractivity contribution in [1.29, 1.82) is 0 Å². The molecule has 2 aromatic carbocycles. The lowest BCUT2D eigenvalue weighted by atomic mass is 10.2. The Bertz CT molecular complexity index is 795. The summed E-state index contributed by atoms with van der Waals surface area (Å²) < 4.78 is 15.2. The maximum absolute atomic E-state index is 13.2. The summed E-state index contributed by atoms with van der Waals surface area (Å²) >= 11 is 5.82. The third-order valence-corrected chi connectivity index (χ3v) is 3.58. The summed E-state index contributed by atoms with van der Waals surface area (Å²) in [6.45, 7) is 2.52. The number of anilines is 1. The van der Waals surface area contributed by atoms with E-state index in [1.165, 1.54) is 6.07 Å². The molecule has 0 fully saturated rings. The zero-order chi connectivity index (χ0) is 14.3. The molecule has 0 atom stereocenters. The van der Waals surface area contributed by atoms with Crippen LogP contribution in [0.4, 0.5) is 10.1 Å². The first-order valence-electron chi connectivity index (χ1n) is 6.21. The minimum atomic E-state index is -0.407. The second kappa shape index (κ2) is 4.80. The standard InChI is InChI=1S/C15H13ClFN3/c1-9-19-14-7-11(18)3-5-15(14)20(9)8-10-2-4-13(17)12(16)6-10/h2-7H,8,18H2,1H3. The molecule has 0 spiro atoms. The van der Waals surface area contributed by atoms with E-state index in [1.807, 2.05) is 25.1 Å². The first-order valence-corrected chi connectivity index (χ1v) is 6.58. The van der Waals surface area contributed by atoms with E-state index >= 15 is 0 Å². The molecular weight excluding hydrogens is 277 g/mol. The number of nitrogen functional groups attached to an aromatic ring is 1. The number of rotatable bonds is 2. The molecule has 3 rings (SSSR count). The molecule has 1 heterocycles. The van der Waals surface area contributed by atoms with E-state index in [2.05, 4.69) is 9.55 Å². The quantitative estimate of drug-likeness (QED) is 0.730. The van der Waals surface area contributed by atoms with E-state index < -0.39 is 5.82 Å². The van der Waals surface area contributed by atoms with Gasteiger partial charge < -0.3 is 10.3 Å². The number of hydrogen-bond acceptors (Lipinski definition) is 2. The van der Waals surface area contributed by atoms with Gasteiger partial charge in [-0.25, -0.2) is 9.37 Å². The lowest BCUT2D eigenvalue weighted by Gasteiger charge is -2.08. The molecule has 0 radical (unpaired) electrons. The summed E-state index contributed by atoms with van der Waals surface area (Å²) in [5, 5.41) is 0.133. The number of nitrogens with two attached hydrogens (primary N) is 1. The molecule has 0 aliphatic rings. The number of aryl methyl sites for hydroxylation is 1. The molecule has 0 saturated heterocycles. The molecule has 102 valence electrons.